The highest BCUT2D eigenvalue weighted by Crippen LogP contribution is 2.41. The molecule has 1 aromatic carbocycles. The van der Waals surface area contributed by atoms with Crippen molar-refractivity contribution in [3.8, 4) is 0 Å². The van der Waals surface area contributed by atoms with E-state index in [4.69, 9.17) is 0 Å². The summed E-state index contributed by atoms with van der Waals surface area (Å²) >= 11 is 0. The number of anilines is 1. The SMILES string of the molecule is O=[N+]([O-])c1ccc(N2C3CCC2CC(O)C3)c(CO)c1. The molecule has 2 aliphatic rings. The molecule has 2 unspecified atom stereocenters. The highest BCUT2D eigenvalue weighted by Gasteiger charge is 2.41. The summed E-state index contributed by atoms with van der Waals surface area (Å²) in [6.07, 6.45) is 3.28. The molecule has 1 aromatic rings. The molecule has 6 heteroatoms. The lowest BCUT2D eigenvalue weighted by Gasteiger charge is -2.39. The fraction of sp³-hybridized carbons (Fsp3) is 0.571. The minimum absolute atomic E-state index is 0.00203. The number of nitrogens with zero attached hydrogens (tertiary/aromatic N) is 2. The standard InChI is InChI=1S/C14H18N2O4/c17-8-9-5-12(16(19)20)3-4-14(9)15-10-1-2-11(15)7-13(18)6-10/h3-5,10-11,13,17-18H,1-2,6-8H2. The van der Waals surface area contributed by atoms with Gasteiger partial charge in [-0.1, -0.05) is 0 Å². The van der Waals surface area contributed by atoms with Crippen molar-refractivity contribution < 1.29 is 15.1 Å². The Morgan fingerprint density at radius 3 is 2.50 bits per heavy atom. The Bertz CT molecular complexity index is 520. The summed E-state index contributed by atoms with van der Waals surface area (Å²) in [4.78, 5) is 12.6. The van der Waals surface area contributed by atoms with Gasteiger partial charge in [0.2, 0.25) is 0 Å². The van der Waals surface area contributed by atoms with Gasteiger partial charge in [-0.05, 0) is 31.7 Å². The lowest BCUT2D eigenvalue weighted by molar-refractivity contribution is -0.384. The van der Waals surface area contributed by atoms with Crippen LogP contribution < -0.4 is 4.90 Å². The molecule has 0 aromatic heterocycles. The second kappa shape index (κ2) is 5.03. The van der Waals surface area contributed by atoms with Gasteiger partial charge in [0.05, 0.1) is 17.6 Å². The van der Waals surface area contributed by atoms with Gasteiger partial charge in [-0.2, -0.15) is 0 Å². The van der Waals surface area contributed by atoms with E-state index < -0.39 is 4.92 Å². The summed E-state index contributed by atoms with van der Waals surface area (Å²) in [5, 5.41) is 30.2. The van der Waals surface area contributed by atoms with E-state index in [0.717, 1.165) is 31.4 Å². The van der Waals surface area contributed by atoms with Crippen molar-refractivity contribution in [2.75, 3.05) is 4.90 Å². The van der Waals surface area contributed by atoms with E-state index >= 15 is 0 Å². The van der Waals surface area contributed by atoms with Crippen molar-refractivity contribution in [1.29, 1.82) is 0 Å². The van der Waals surface area contributed by atoms with E-state index in [1.165, 1.54) is 12.1 Å². The molecule has 20 heavy (non-hydrogen) atoms. The Labute approximate surface area is 116 Å². The number of nitro groups is 1. The largest absolute Gasteiger partial charge is 0.393 e. The Morgan fingerprint density at radius 2 is 1.95 bits per heavy atom. The summed E-state index contributed by atoms with van der Waals surface area (Å²) in [5.41, 5.74) is 1.46. The third-order valence-corrected chi connectivity index (χ3v) is 4.43. The van der Waals surface area contributed by atoms with Gasteiger partial charge in [0, 0.05) is 35.5 Å². The van der Waals surface area contributed by atoms with Crippen molar-refractivity contribution in [3.05, 3.63) is 33.9 Å². The van der Waals surface area contributed by atoms with Crippen LogP contribution in [0.3, 0.4) is 0 Å². The van der Waals surface area contributed by atoms with E-state index in [9.17, 15) is 20.3 Å². The van der Waals surface area contributed by atoms with Gasteiger partial charge >= 0.3 is 0 Å². The molecule has 2 N–H and O–H groups in total. The number of aliphatic hydroxyl groups excluding tert-OH is 2. The zero-order chi connectivity index (χ0) is 14.3. The van der Waals surface area contributed by atoms with Crippen molar-refractivity contribution in [2.45, 2.75) is 50.5 Å². The number of non-ortho nitro benzene ring substituents is 1. The van der Waals surface area contributed by atoms with Crippen LogP contribution in [0.4, 0.5) is 11.4 Å². The van der Waals surface area contributed by atoms with Gasteiger partial charge < -0.3 is 15.1 Å². The van der Waals surface area contributed by atoms with Crippen LogP contribution in [0.15, 0.2) is 18.2 Å². The number of nitro benzene ring substituents is 1. The third kappa shape index (κ3) is 2.14. The molecule has 2 atom stereocenters. The fourth-order valence-electron chi connectivity index (χ4n) is 3.61. The average molecular weight is 278 g/mol. The minimum atomic E-state index is -0.447. The number of hydrogen-bond acceptors (Lipinski definition) is 5. The summed E-state index contributed by atoms with van der Waals surface area (Å²) in [7, 11) is 0. The van der Waals surface area contributed by atoms with Crippen LogP contribution >= 0.6 is 0 Å². The minimum Gasteiger partial charge on any atom is -0.393 e. The number of piperidine rings is 1. The van der Waals surface area contributed by atoms with Crippen molar-refractivity contribution in [1.82, 2.24) is 0 Å². The molecule has 2 aliphatic heterocycles. The Morgan fingerprint density at radius 1 is 1.30 bits per heavy atom. The van der Waals surface area contributed by atoms with Crippen LogP contribution in [0.2, 0.25) is 0 Å². The third-order valence-electron chi connectivity index (χ3n) is 4.43. The highest BCUT2D eigenvalue weighted by molar-refractivity contribution is 5.60. The van der Waals surface area contributed by atoms with Gasteiger partial charge in [0.1, 0.15) is 0 Å². The van der Waals surface area contributed by atoms with E-state index in [-0.39, 0.29) is 30.5 Å². The maximum Gasteiger partial charge on any atom is 0.269 e. The smallest absolute Gasteiger partial charge is 0.269 e. The number of fused-ring (bicyclic) bond motifs is 2. The zero-order valence-electron chi connectivity index (χ0n) is 11.1. The maximum atomic E-state index is 10.8. The van der Waals surface area contributed by atoms with Gasteiger partial charge in [0.15, 0.2) is 0 Å². The molecule has 3 rings (SSSR count). The van der Waals surface area contributed by atoms with Crippen LogP contribution in [0.1, 0.15) is 31.2 Å². The second-order valence-corrected chi connectivity index (χ2v) is 5.65. The first kappa shape index (κ1) is 13.3. The van der Waals surface area contributed by atoms with E-state index in [1.807, 2.05) is 0 Å². The van der Waals surface area contributed by atoms with Gasteiger partial charge in [-0.25, -0.2) is 0 Å². The molecule has 108 valence electrons. The lowest BCUT2D eigenvalue weighted by Crippen LogP contribution is -2.45. The predicted molar refractivity (Wildman–Crippen MR) is 73.5 cm³/mol. The first-order valence-electron chi connectivity index (χ1n) is 6.94. The molecule has 2 bridgehead atoms. The molecule has 2 heterocycles. The van der Waals surface area contributed by atoms with Gasteiger partial charge in [-0.3, -0.25) is 10.1 Å². The van der Waals surface area contributed by atoms with Crippen LogP contribution in [0.25, 0.3) is 0 Å². The molecular formula is C14H18N2O4. The second-order valence-electron chi connectivity index (χ2n) is 5.65. The fourth-order valence-corrected chi connectivity index (χ4v) is 3.61. The van der Waals surface area contributed by atoms with Crippen LogP contribution in [0.5, 0.6) is 0 Å². The molecule has 0 spiro atoms. The van der Waals surface area contributed by atoms with Crippen molar-refractivity contribution in [2.24, 2.45) is 0 Å². The monoisotopic (exact) mass is 278 g/mol. The summed E-state index contributed by atoms with van der Waals surface area (Å²) < 4.78 is 0. The summed E-state index contributed by atoms with van der Waals surface area (Å²) in [6.45, 7) is -0.213. The van der Waals surface area contributed by atoms with Gasteiger partial charge in [-0.15, -0.1) is 0 Å². The molecule has 0 amide bonds. The number of hydrogen-bond donors (Lipinski definition) is 2. The van der Waals surface area contributed by atoms with Crippen molar-refractivity contribution in [3.63, 3.8) is 0 Å². The lowest BCUT2D eigenvalue weighted by atomic mass is 9.97. The summed E-state index contributed by atoms with van der Waals surface area (Å²) in [6, 6.07) is 5.21. The first-order chi connectivity index (χ1) is 9.60. The van der Waals surface area contributed by atoms with Gasteiger partial charge in [0.25, 0.3) is 5.69 Å². The predicted octanol–water partition coefficient (Wildman–Crippen LogP) is 1.58. The average Bonchev–Trinajstić information content (AvgIpc) is 2.69. The van der Waals surface area contributed by atoms with E-state index in [1.54, 1.807) is 6.07 Å². The topological polar surface area (TPSA) is 86.8 Å². The van der Waals surface area contributed by atoms with Crippen LogP contribution in [-0.4, -0.2) is 33.3 Å². The quantitative estimate of drug-likeness (QED) is 0.647. The number of rotatable bonds is 3. The molecule has 0 saturated carbocycles. The summed E-state index contributed by atoms with van der Waals surface area (Å²) in [5.74, 6) is 0. The normalized spacial score (nSPS) is 28.7. The molecular weight excluding hydrogens is 260 g/mol. The van der Waals surface area contributed by atoms with Crippen molar-refractivity contribution >= 4 is 11.4 Å². The first-order valence-corrected chi connectivity index (χ1v) is 6.94. The molecule has 2 fully saturated rings. The maximum absolute atomic E-state index is 10.8. The van der Waals surface area contributed by atoms with E-state index in [2.05, 4.69) is 4.90 Å². The Kier molecular flexibility index (Phi) is 3.35. The van der Waals surface area contributed by atoms with Crippen LogP contribution in [0, 0.1) is 10.1 Å². The zero-order valence-corrected chi connectivity index (χ0v) is 11.1. The highest BCUT2D eigenvalue weighted by atomic mass is 16.6. The molecule has 6 nitrogen and oxygen atoms in total. The molecule has 0 aliphatic carbocycles. The number of aliphatic hydroxyl groups is 2. The Balaban J connectivity index is 1.96. The number of benzene rings is 1. The molecule has 0 radical (unpaired) electrons. The van der Waals surface area contributed by atoms with E-state index in [0.29, 0.717) is 5.56 Å². The Hall–Kier alpha value is -1.66. The van der Waals surface area contributed by atoms with Crippen LogP contribution in [-0.2, 0) is 6.61 Å². The molecule has 2 saturated heterocycles.